The van der Waals surface area contributed by atoms with Gasteiger partial charge in [0.2, 0.25) is 0 Å². The van der Waals surface area contributed by atoms with Crippen molar-refractivity contribution in [1.29, 1.82) is 0 Å². The van der Waals surface area contributed by atoms with Crippen molar-refractivity contribution in [3.63, 3.8) is 0 Å². The normalized spacial score (nSPS) is 4.36. The molecule has 0 aliphatic rings. The molecule has 0 rings (SSSR count). The third kappa shape index (κ3) is 189. The zero-order chi connectivity index (χ0) is 7.15. The Kier molecular flexibility index (Phi) is 61.1. The fourth-order valence-electron chi connectivity index (χ4n) is 0. The zero-order valence-corrected chi connectivity index (χ0v) is 3.61. The first-order valence-electron chi connectivity index (χ1n) is 1.30. The Morgan fingerprint density at radius 2 is 0.727 bits per heavy atom. The second kappa shape index (κ2) is 23.0. The van der Waals surface area contributed by atoms with Crippen molar-refractivity contribution >= 4 is 145 Å². The van der Waals surface area contributed by atoms with Gasteiger partial charge in [0.15, 0.2) is 0 Å². The van der Waals surface area contributed by atoms with E-state index in [-0.39, 0.29) is 132 Å². The van der Waals surface area contributed by atoms with Gasteiger partial charge < -0.3 is 20.4 Å². The third-order valence-corrected chi connectivity index (χ3v) is 0. The summed E-state index contributed by atoms with van der Waals surface area (Å²) in [5.41, 5.74) is 0. The topological polar surface area (TPSA) is 115 Å². The molecule has 0 bridgehead atoms. The summed E-state index contributed by atoms with van der Waals surface area (Å²) in [7, 11) is 0. The van der Waals surface area contributed by atoms with Crippen LogP contribution in [0.4, 0.5) is 9.59 Å². The summed E-state index contributed by atoms with van der Waals surface area (Å²) >= 11 is 0. The summed E-state index contributed by atoms with van der Waals surface area (Å²) in [4.78, 5) is 17.1. The monoisotopic (exact) mass is 228 g/mol. The van der Waals surface area contributed by atoms with Crippen molar-refractivity contribution < 1.29 is 30.0 Å². The van der Waals surface area contributed by atoms with Crippen LogP contribution in [-0.4, -0.2) is 165 Å². The van der Waals surface area contributed by atoms with Gasteiger partial charge in [-0.1, -0.05) is 0 Å². The van der Waals surface area contributed by atoms with Crippen LogP contribution in [0.15, 0.2) is 0 Å². The van der Waals surface area contributed by atoms with Gasteiger partial charge in [0, 0.05) is 0 Å². The van der Waals surface area contributed by atoms with Gasteiger partial charge in [-0.3, -0.25) is 0 Å². The molecule has 11 heavy (non-hydrogen) atoms. The molecular weight excluding hydrogens is 221 g/mol. The Hall–Kier alpha value is 2.81. The summed E-state index contributed by atoms with van der Waals surface area (Å²) in [5.74, 6) is 0. The summed E-state index contributed by atoms with van der Waals surface area (Å²) in [6.45, 7) is 0. The van der Waals surface area contributed by atoms with E-state index in [1.165, 1.54) is 0 Å². The van der Waals surface area contributed by atoms with Gasteiger partial charge in [-0.25, -0.2) is 9.59 Å². The van der Waals surface area contributed by atoms with Crippen LogP contribution in [0.25, 0.3) is 0 Å². The first-order valence-corrected chi connectivity index (χ1v) is 1.30. The zero-order valence-electron chi connectivity index (χ0n) is 3.61. The molecule has 0 aromatic heterocycles. The summed E-state index contributed by atoms with van der Waals surface area (Å²) < 4.78 is 0. The molecule has 0 spiro atoms. The predicted molar refractivity (Wildman–Crippen MR) is 42.8 cm³/mol. The van der Waals surface area contributed by atoms with E-state index in [9.17, 15) is 0 Å². The van der Waals surface area contributed by atoms with Crippen molar-refractivity contribution in [2.24, 2.45) is 0 Å². The molecule has 0 aliphatic heterocycles. The van der Waals surface area contributed by atoms with Crippen LogP contribution in [0, 0.1) is 0 Å². The fraction of sp³-hybridized carbons (Fsp3) is 0. The molecule has 0 heterocycles. The average Bonchev–Trinajstić information content (AvgIpc) is 1.25. The average molecular weight is 228 g/mol. The molecule has 0 aromatic carbocycles. The fourth-order valence-corrected chi connectivity index (χ4v) is 0. The Balaban J connectivity index is -0.0000000171. The Labute approximate surface area is 170 Å². The maximum absolute atomic E-state index is 8.56. The number of rotatable bonds is 0. The van der Waals surface area contributed by atoms with Gasteiger partial charge in [0.1, 0.15) is 0 Å². The SMILES string of the molecule is O=C(O)O.O=C(O)O.[KH].[KH].[NaH]. The van der Waals surface area contributed by atoms with Crippen molar-refractivity contribution in [3.8, 4) is 0 Å². The maximum atomic E-state index is 8.56. The van der Waals surface area contributed by atoms with Gasteiger partial charge in [-0.2, -0.15) is 0 Å². The molecule has 54 valence electrons. The van der Waals surface area contributed by atoms with E-state index >= 15 is 0 Å². The first-order chi connectivity index (χ1) is 3.46. The molecular formula is C2H7K2NaO6. The first kappa shape index (κ1) is 29.2. The molecule has 0 fully saturated rings. The molecule has 0 radical (unpaired) electrons. The quantitative estimate of drug-likeness (QED) is 0.375. The van der Waals surface area contributed by atoms with Gasteiger partial charge >= 0.3 is 145 Å². The standard InChI is InChI=1S/2CH2O3.2K.Na.3H/c2*2-1(3)4;;;;;;/h2*(H2,2,3,4);;;;;;. The third-order valence-electron chi connectivity index (χ3n) is 0. The minimum atomic E-state index is -1.83. The molecule has 0 saturated heterocycles. The summed E-state index contributed by atoms with van der Waals surface area (Å²) in [5, 5.41) is 27.9. The molecule has 4 N–H and O–H groups in total. The molecule has 0 amide bonds. The number of hydrogen-bond acceptors (Lipinski definition) is 2. The van der Waals surface area contributed by atoms with Crippen LogP contribution < -0.4 is 0 Å². The Morgan fingerprint density at radius 3 is 0.727 bits per heavy atom. The van der Waals surface area contributed by atoms with Gasteiger partial charge in [-0.15, -0.1) is 0 Å². The van der Waals surface area contributed by atoms with E-state index in [1.54, 1.807) is 0 Å². The molecule has 0 saturated carbocycles. The molecule has 0 unspecified atom stereocenters. The van der Waals surface area contributed by atoms with Crippen molar-refractivity contribution in [2.75, 3.05) is 0 Å². The van der Waals surface area contributed by atoms with Crippen LogP contribution in [0.3, 0.4) is 0 Å². The van der Waals surface area contributed by atoms with Gasteiger partial charge in [-0.05, 0) is 0 Å². The van der Waals surface area contributed by atoms with Gasteiger partial charge in [0.25, 0.3) is 0 Å². The van der Waals surface area contributed by atoms with Crippen LogP contribution in [0.2, 0.25) is 0 Å². The molecule has 6 nitrogen and oxygen atoms in total. The molecule has 0 aromatic rings. The van der Waals surface area contributed by atoms with E-state index in [1.807, 2.05) is 0 Å². The van der Waals surface area contributed by atoms with E-state index in [0.717, 1.165) is 0 Å². The minimum absolute atomic E-state index is 0. The Morgan fingerprint density at radius 1 is 0.727 bits per heavy atom. The molecule has 0 aliphatic carbocycles. The number of carbonyl (C=O) groups is 2. The molecule has 9 heteroatoms. The van der Waals surface area contributed by atoms with E-state index < -0.39 is 12.3 Å². The van der Waals surface area contributed by atoms with Crippen LogP contribution >= 0.6 is 0 Å². The number of hydrogen-bond donors (Lipinski definition) is 4. The second-order valence-corrected chi connectivity index (χ2v) is 0.565. The van der Waals surface area contributed by atoms with E-state index in [0.29, 0.717) is 0 Å². The van der Waals surface area contributed by atoms with Crippen LogP contribution in [0.1, 0.15) is 0 Å². The second-order valence-electron chi connectivity index (χ2n) is 0.565. The van der Waals surface area contributed by atoms with E-state index in [2.05, 4.69) is 0 Å². The number of carboxylic acid groups (broad SMARTS) is 4. The van der Waals surface area contributed by atoms with Gasteiger partial charge in [0.05, 0.1) is 0 Å². The summed E-state index contributed by atoms with van der Waals surface area (Å²) in [6, 6.07) is 0. The van der Waals surface area contributed by atoms with E-state index in [4.69, 9.17) is 30.0 Å². The van der Waals surface area contributed by atoms with Crippen molar-refractivity contribution in [3.05, 3.63) is 0 Å². The van der Waals surface area contributed by atoms with Crippen LogP contribution in [-0.2, 0) is 0 Å². The molecule has 0 atom stereocenters. The van der Waals surface area contributed by atoms with Crippen molar-refractivity contribution in [2.45, 2.75) is 0 Å². The summed E-state index contributed by atoms with van der Waals surface area (Å²) in [6.07, 6.45) is -3.67. The van der Waals surface area contributed by atoms with Crippen molar-refractivity contribution in [1.82, 2.24) is 0 Å². The Bertz CT molecular complexity index is 76.6. The predicted octanol–water partition coefficient (Wildman–Crippen LogP) is -1.50. The van der Waals surface area contributed by atoms with Crippen LogP contribution in [0.5, 0.6) is 0 Å².